The van der Waals surface area contributed by atoms with Crippen molar-refractivity contribution >= 4 is 0 Å². The summed E-state index contributed by atoms with van der Waals surface area (Å²) < 4.78 is 5.34. The lowest BCUT2D eigenvalue weighted by atomic mass is 10.0. The molecule has 0 saturated heterocycles. The van der Waals surface area contributed by atoms with Crippen LogP contribution >= 0.6 is 0 Å². The third-order valence-corrected chi connectivity index (χ3v) is 4.47. The van der Waals surface area contributed by atoms with Gasteiger partial charge in [0.25, 0.3) is 0 Å². The number of allylic oxidation sites excluding steroid dienone is 1. The molecular weight excluding hydrogens is 320 g/mol. The van der Waals surface area contributed by atoms with E-state index in [4.69, 9.17) is 14.7 Å². The first kappa shape index (κ1) is 17.9. The summed E-state index contributed by atoms with van der Waals surface area (Å²) in [5.74, 6) is 1.54. The molecule has 3 heteroatoms. The summed E-state index contributed by atoms with van der Waals surface area (Å²) in [6.07, 6.45) is 3.46. The van der Waals surface area contributed by atoms with Crippen LogP contribution in [-0.2, 0) is 12.8 Å². The Labute approximate surface area is 155 Å². The van der Waals surface area contributed by atoms with Crippen molar-refractivity contribution in [2.75, 3.05) is 7.11 Å². The van der Waals surface area contributed by atoms with Gasteiger partial charge in [-0.3, -0.25) is 0 Å². The van der Waals surface area contributed by atoms with Crippen molar-refractivity contribution in [3.8, 4) is 17.1 Å². The van der Waals surface area contributed by atoms with Gasteiger partial charge in [-0.05, 0) is 43.5 Å². The zero-order valence-electron chi connectivity index (χ0n) is 15.6. The molecule has 0 N–H and O–H groups in total. The lowest BCUT2D eigenvalue weighted by Crippen LogP contribution is -2.06. The molecule has 3 nitrogen and oxygen atoms in total. The van der Waals surface area contributed by atoms with Gasteiger partial charge in [-0.15, -0.1) is 6.58 Å². The van der Waals surface area contributed by atoms with Crippen LogP contribution in [0.25, 0.3) is 11.4 Å². The molecular formula is C23H24N2O. The Morgan fingerprint density at radius 1 is 1.04 bits per heavy atom. The lowest BCUT2D eigenvalue weighted by Gasteiger charge is -2.13. The molecule has 0 spiro atoms. The quantitative estimate of drug-likeness (QED) is 0.584. The van der Waals surface area contributed by atoms with Gasteiger partial charge in [0.1, 0.15) is 5.75 Å². The van der Waals surface area contributed by atoms with E-state index in [1.165, 1.54) is 11.1 Å². The largest absolute Gasteiger partial charge is 0.497 e. The Balaban J connectivity index is 2.06. The van der Waals surface area contributed by atoms with E-state index in [0.29, 0.717) is 0 Å². The number of methoxy groups -OCH3 is 1. The smallest absolute Gasteiger partial charge is 0.159 e. The van der Waals surface area contributed by atoms with Crippen molar-refractivity contribution in [3.05, 3.63) is 89.3 Å². The average molecular weight is 344 g/mol. The van der Waals surface area contributed by atoms with Gasteiger partial charge in [0.15, 0.2) is 5.82 Å². The van der Waals surface area contributed by atoms with Gasteiger partial charge in [-0.2, -0.15) is 0 Å². The molecule has 2 aromatic carbocycles. The topological polar surface area (TPSA) is 35.0 Å². The summed E-state index contributed by atoms with van der Waals surface area (Å²) in [5.41, 5.74) is 6.68. The van der Waals surface area contributed by atoms with E-state index in [1.807, 2.05) is 37.3 Å². The van der Waals surface area contributed by atoms with Crippen LogP contribution in [-0.4, -0.2) is 17.1 Å². The van der Waals surface area contributed by atoms with Crippen molar-refractivity contribution < 1.29 is 4.74 Å². The highest BCUT2D eigenvalue weighted by Crippen LogP contribution is 2.24. The van der Waals surface area contributed by atoms with Gasteiger partial charge in [-0.1, -0.05) is 48.0 Å². The first-order chi connectivity index (χ1) is 12.6. The third kappa shape index (κ3) is 3.99. The molecule has 1 heterocycles. The van der Waals surface area contributed by atoms with Crippen LogP contribution in [0.3, 0.4) is 0 Å². The molecule has 3 rings (SSSR count). The van der Waals surface area contributed by atoms with Crippen LogP contribution in [0.4, 0.5) is 0 Å². The number of hydrogen-bond acceptors (Lipinski definition) is 3. The number of rotatable bonds is 6. The van der Waals surface area contributed by atoms with Crippen LogP contribution in [0, 0.1) is 13.8 Å². The van der Waals surface area contributed by atoms with Crippen LogP contribution in [0.15, 0.2) is 61.2 Å². The Morgan fingerprint density at radius 2 is 1.81 bits per heavy atom. The molecule has 0 saturated carbocycles. The van der Waals surface area contributed by atoms with E-state index in [1.54, 1.807) is 7.11 Å². The number of nitrogens with zero attached hydrogens (tertiary/aromatic N) is 2. The van der Waals surface area contributed by atoms with Crippen molar-refractivity contribution in [1.82, 2.24) is 9.97 Å². The molecule has 0 amide bonds. The van der Waals surface area contributed by atoms with E-state index in [2.05, 4.69) is 37.8 Å². The van der Waals surface area contributed by atoms with Crippen LogP contribution in [0.2, 0.25) is 0 Å². The fourth-order valence-electron chi connectivity index (χ4n) is 3.00. The molecule has 0 radical (unpaired) electrons. The van der Waals surface area contributed by atoms with E-state index >= 15 is 0 Å². The molecule has 3 aromatic rings. The Bertz CT molecular complexity index is 914. The average Bonchev–Trinajstić information content (AvgIpc) is 2.66. The second-order valence-electron chi connectivity index (χ2n) is 6.45. The maximum Gasteiger partial charge on any atom is 0.159 e. The van der Waals surface area contributed by atoms with E-state index < -0.39 is 0 Å². The molecule has 0 atom stereocenters. The standard InChI is InChI=1S/C23H24N2O/c1-5-7-21-17(3)24-23(19-8-6-9-20(15-19)26-4)25-22(21)14-18-12-10-16(2)11-13-18/h5-6,8-13,15H,1,7,14H2,2-4H3. The predicted molar refractivity (Wildman–Crippen MR) is 107 cm³/mol. The molecule has 0 bridgehead atoms. The van der Waals surface area contributed by atoms with Crippen molar-refractivity contribution in [1.29, 1.82) is 0 Å². The third-order valence-electron chi connectivity index (χ3n) is 4.47. The van der Waals surface area contributed by atoms with Crippen LogP contribution < -0.4 is 4.74 Å². The normalized spacial score (nSPS) is 10.6. The Kier molecular flexibility index (Phi) is 5.47. The molecule has 26 heavy (non-hydrogen) atoms. The highest BCUT2D eigenvalue weighted by Gasteiger charge is 2.13. The fourth-order valence-corrected chi connectivity index (χ4v) is 3.00. The van der Waals surface area contributed by atoms with Crippen LogP contribution in [0.5, 0.6) is 5.75 Å². The lowest BCUT2D eigenvalue weighted by molar-refractivity contribution is 0.415. The van der Waals surface area contributed by atoms with E-state index in [-0.39, 0.29) is 0 Å². The summed E-state index contributed by atoms with van der Waals surface area (Å²) in [4.78, 5) is 9.64. The SMILES string of the molecule is C=CCc1c(C)nc(-c2cccc(OC)c2)nc1Cc1ccc(C)cc1. The summed E-state index contributed by atoms with van der Waals surface area (Å²) in [5, 5.41) is 0. The maximum atomic E-state index is 5.34. The highest BCUT2D eigenvalue weighted by molar-refractivity contribution is 5.58. The molecule has 0 aliphatic carbocycles. The van der Waals surface area contributed by atoms with Crippen LogP contribution in [0.1, 0.15) is 28.1 Å². The molecule has 1 aromatic heterocycles. The molecule has 0 fully saturated rings. The zero-order valence-corrected chi connectivity index (χ0v) is 15.6. The van der Waals surface area contributed by atoms with Gasteiger partial charge in [0.05, 0.1) is 12.8 Å². The second-order valence-corrected chi connectivity index (χ2v) is 6.45. The van der Waals surface area contributed by atoms with Gasteiger partial charge in [0.2, 0.25) is 0 Å². The van der Waals surface area contributed by atoms with Gasteiger partial charge in [-0.25, -0.2) is 9.97 Å². The number of aromatic nitrogens is 2. The Hall–Kier alpha value is -2.94. The summed E-state index contributed by atoms with van der Waals surface area (Å²) in [7, 11) is 1.67. The van der Waals surface area contributed by atoms with Crippen molar-refractivity contribution in [3.63, 3.8) is 0 Å². The number of ether oxygens (including phenoxy) is 1. The Morgan fingerprint density at radius 3 is 2.50 bits per heavy atom. The monoisotopic (exact) mass is 344 g/mol. The predicted octanol–water partition coefficient (Wildman–Crippen LogP) is 5.09. The number of hydrogen-bond donors (Lipinski definition) is 0. The zero-order chi connectivity index (χ0) is 18.5. The summed E-state index contributed by atoms with van der Waals surface area (Å²) in [6.45, 7) is 8.03. The number of aryl methyl sites for hydroxylation is 2. The second kappa shape index (κ2) is 7.96. The minimum Gasteiger partial charge on any atom is -0.497 e. The first-order valence-electron chi connectivity index (χ1n) is 8.78. The minimum absolute atomic E-state index is 0.733. The maximum absolute atomic E-state index is 5.34. The van der Waals surface area contributed by atoms with Gasteiger partial charge >= 0.3 is 0 Å². The summed E-state index contributed by atoms with van der Waals surface area (Å²) in [6, 6.07) is 16.5. The highest BCUT2D eigenvalue weighted by atomic mass is 16.5. The molecule has 132 valence electrons. The molecule has 0 aliphatic heterocycles. The fraction of sp³-hybridized carbons (Fsp3) is 0.217. The van der Waals surface area contributed by atoms with E-state index in [9.17, 15) is 0 Å². The van der Waals surface area contributed by atoms with Crippen molar-refractivity contribution in [2.45, 2.75) is 26.7 Å². The van der Waals surface area contributed by atoms with Crippen molar-refractivity contribution in [2.24, 2.45) is 0 Å². The first-order valence-corrected chi connectivity index (χ1v) is 8.78. The van der Waals surface area contributed by atoms with Gasteiger partial charge in [0, 0.05) is 17.7 Å². The number of benzene rings is 2. The van der Waals surface area contributed by atoms with Gasteiger partial charge < -0.3 is 4.74 Å². The minimum atomic E-state index is 0.733. The molecule has 0 aliphatic rings. The summed E-state index contributed by atoms with van der Waals surface area (Å²) >= 11 is 0. The van der Waals surface area contributed by atoms with E-state index in [0.717, 1.165) is 46.9 Å². The molecule has 0 unspecified atom stereocenters.